The number of unbranched alkanes of at least 4 members (excludes halogenated alkanes) is 37. The lowest BCUT2D eigenvalue weighted by atomic mass is 10.00. The number of carbonyl (C=O) groups excluding carboxylic acids is 4. The summed E-state index contributed by atoms with van der Waals surface area (Å²) in [6.07, 6.45) is 45.8. The van der Waals surface area contributed by atoms with Crippen LogP contribution in [0.5, 0.6) is 0 Å². The monoisotopic (exact) mass is 1300 g/mol. The van der Waals surface area contributed by atoms with Crippen LogP contribution in [0.4, 0.5) is 0 Å². The molecule has 0 aromatic rings. The van der Waals surface area contributed by atoms with Gasteiger partial charge in [-0.15, -0.1) is 0 Å². The number of aliphatic hydroxyl groups is 1. The second-order valence-electron chi connectivity index (χ2n) is 25.6. The maximum absolute atomic E-state index is 13.0. The number of aliphatic hydroxyl groups excluding tert-OH is 1. The fraction of sp³-hybridized carbons (Fsp3) is 0.942. The van der Waals surface area contributed by atoms with E-state index in [0.717, 1.165) is 108 Å². The Morgan fingerprint density at radius 3 is 0.864 bits per heavy atom. The van der Waals surface area contributed by atoms with Crippen molar-refractivity contribution in [2.45, 2.75) is 368 Å². The van der Waals surface area contributed by atoms with Gasteiger partial charge in [0.25, 0.3) is 0 Å². The van der Waals surface area contributed by atoms with Crippen molar-refractivity contribution in [1.29, 1.82) is 0 Å². The van der Waals surface area contributed by atoms with E-state index < -0.39 is 97.5 Å². The van der Waals surface area contributed by atoms with Crippen LogP contribution in [-0.4, -0.2) is 96.7 Å². The molecule has 0 aromatic carbocycles. The van der Waals surface area contributed by atoms with Crippen LogP contribution in [0.15, 0.2) is 0 Å². The van der Waals surface area contributed by atoms with Crippen molar-refractivity contribution in [3.63, 3.8) is 0 Å². The summed E-state index contributed by atoms with van der Waals surface area (Å²) in [4.78, 5) is 72.5. The van der Waals surface area contributed by atoms with Crippen LogP contribution in [0.3, 0.4) is 0 Å². The second-order valence-corrected chi connectivity index (χ2v) is 28.5. The third kappa shape index (κ3) is 61.6. The zero-order chi connectivity index (χ0) is 65.0. The zero-order valence-electron chi connectivity index (χ0n) is 57.0. The van der Waals surface area contributed by atoms with E-state index in [1.165, 1.54) is 161 Å². The minimum Gasteiger partial charge on any atom is -0.462 e. The minimum absolute atomic E-state index is 0.104. The first-order valence-corrected chi connectivity index (χ1v) is 39.0. The van der Waals surface area contributed by atoms with E-state index in [2.05, 4.69) is 41.5 Å². The molecule has 0 amide bonds. The third-order valence-electron chi connectivity index (χ3n) is 16.3. The summed E-state index contributed by atoms with van der Waals surface area (Å²) in [5, 5.41) is 10.6. The van der Waals surface area contributed by atoms with Gasteiger partial charge in [-0.1, -0.05) is 298 Å². The number of rotatable bonds is 68. The van der Waals surface area contributed by atoms with Crippen LogP contribution < -0.4 is 0 Å². The van der Waals surface area contributed by atoms with Gasteiger partial charge in [0, 0.05) is 25.7 Å². The Morgan fingerprint density at radius 2 is 0.580 bits per heavy atom. The van der Waals surface area contributed by atoms with Crippen LogP contribution in [0.2, 0.25) is 0 Å². The van der Waals surface area contributed by atoms with E-state index in [1.54, 1.807) is 0 Å². The summed E-state index contributed by atoms with van der Waals surface area (Å²) < 4.78 is 68.2. The average Bonchev–Trinajstić information content (AvgIpc) is 3.54. The molecular weight excluding hydrogens is 1160 g/mol. The molecule has 0 aliphatic rings. The van der Waals surface area contributed by atoms with Gasteiger partial charge in [-0.05, 0) is 37.5 Å². The molecule has 0 fully saturated rings. The predicted molar refractivity (Wildman–Crippen MR) is 354 cm³/mol. The smallest absolute Gasteiger partial charge is 0.462 e. The molecule has 88 heavy (non-hydrogen) atoms. The number of carbonyl (C=O) groups is 4. The van der Waals surface area contributed by atoms with Gasteiger partial charge >= 0.3 is 39.5 Å². The second kappa shape index (κ2) is 61.3. The van der Waals surface area contributed by atoms with Crippen LogP contribution in [-0.2, 0) is 65.4 Å². The molecule has 522 valence electrons. The van der Waals surface area contributed by atoms with E-state index >= 15 is 0 Å². The molecule has 0 aliphatic carbocycles. The number of phosphoric ester groups is 2. The van der Waals surface area contributed by atoms with Crippen molar-refractivity contribution in [2.24, 2.45) is 11.8 Å². The first-order valence-electron chi connectivity index (χ1n) is 36.0. The van der Waals surface area contributed by atoms with Crippen LogP contribution in [0, 0.1) is 11.8 Å². The summed E-state index contributed by atoms with van der Waals surface area (Å²) >= 11 is 0. The van der Waals surface area contributed by atoms with Crippen molar-refractivity contribution < 1.29 is 80.2 Å². The van der Waals surface area contributed by atoms with Crippen molar-refractivity contribution >= 4 is 39.5 Å². The summed E-state index contributed by atoms with van der Waals surface area (Å²) in [7, 11) is -9.90. The molecule has 0 radical (unpaired) electrons. The van der Waals surface area contributed by atoms with Gasteiger partial charge in [0.2, 0.25) is 0 Å². The molecule has 0 bridgehead atoms. The molecule has 0 saturated carbocycles. The normalized spacial score (nSPS) is 14.5. The Bertz CT molecular complexity index is 1720. The first kappa shape index (κ1) is 86.1. The lowest BCUT2D eigenvalue weighted by Gasteiger charge is -2.21. The van der Waals surface area contributed by atoms with Gasteiger partial charge in [-0.2, -0.15) is 0 Å². The van der Waals surface area contributed by atoms with Gasteiger partial charge in [0.05, 0.1) is 26.4 Å². The number of hydrogen-bond donors (Lipinski definition) is 3. The molecule has 6 atom stereocenters. The minimum atomic E-state index is -4.95. The van der Waals surface area contributed by atoms with Crippen LogP contribution >= 0.6 is 15.6 Å². The van der Waals surface area contributed by atoms with Crippen molar-refractivity contribution in [3.05, 3.63) is 0 Å². The number of phosphoric acid groups is 2. The summed E-state index contributed by atoms with van der Waals surface area (Å²) in [5.41, 5.74) is 0. The SMILES string of the molecule is CCCCCCCCCCCCCCCCCC(=O)O[C@H](COC(=O)CCCCCCCCCCCCCC)COP(=O)(O)OC[C@@H](O)COP(=O)(O)OC[C@@H](COC(=O)CCCCCCCCC(C)CC)OC(=O)CCCCCCCCCCC(C)C. The predicted octanol–water partition coefficient (Wildman–Crippen LogP) is 19.6. The number of esters is 4. The Labute approximate surface area is 537 Å². The molecule has 0 heterocycles. The molecule has 0 spiro atoms. The van der Waals surface area contributed by atoms with Crippen molar-refractivity contribution in [1.82, 2.24) is 0 Å². The Kier molecular flexibility index (Phi) is 59.9. The quantitative estimate of drug-likeness (QED) is 0.0222. The molecule has 0 rings (SSSR count). The van der Waals surface area contributed by atoms with Gasteiger partial charge < -0.3 is 33.8 Å². The van der Waals surface area contributed by atoms with E-state index in [9.17, 15) is 43.2 Å². The first-order chi connectivity index (χ1) is 42.4. The third-order valence-corrected chi connectivity index (χ3v) is 18.2. The summed E-state index contributed by atoms with van der Waals surface area (Å²) in [6, 6.07) is 0. The molecule has 0 saturated heterocycles. The summed E-state index contributed by atoms with van der Waals surface area (Å²) in [5.74, 6) is -0.677. The van der Waals surface area contributed by atoms with Gasteiger partial charge in [0.15, 0.2) is 12.2 Å². The molecule has 3 unspecified atom stereocenters. The fourth-order valence-corrected chi connectivity index (χ4v) is 12.0. The zero-order valence-corrected chi connectivity index (χ0v) is 58.8. The maximum Gasteiger partial charge on any atom is 0.472 e. The fourth-order valence-electron chi connectivity index (χ4n) is 10.4. The molecule has 3 N–H and O–H groups in total. The Hall–Kier alpha value is -1.94. The standard InChI is InChI=1S/C69H134O17P2/c1-7-10-12-14-16-18-20-22-23-24-26-28-33-41-47-53-68(73)85-64(57-79-66(71)51-45-39-32-27-25-21-19-17-15-13-11-8-2)59-83-87(75,76)81-55-63(70)56-82-88(77,78)84-60-65(58-80-67(72)52-46-40-36-35-38-44-50-62(6)9-3)86-69(74)54-48-42-34-30-29-31-37-43-49-61(4)5/h61-65,70H,7-60H2,1-6H3,(H,75,76)(H,77,78)/t62?,63-,64-,65-/m1/s1. The maximum atomic E-state index is 13.0. The average molecular weight is 1300 g/mol. The molecule has 0 aliphatic heterocycles. The molecule has 0 aromatic heterocycles. The highest BCUT2D eigenvalue weighted by Gasteiger charge is 2.30. The van der Waals surface area contributed by atoms with Gasteiger partial charge in [-0.25, -0.2) is 9.13 Å². The van der Waals surface area contributed by atoms with Gasteiger partial charge in [-0.3, -0.25) is 37.3 Å². The largest absolute Gasteiger partial charge is 0.472 e. The number of ether oxygens (including phenoxy) is 4. The van der Waals surface area contributed by atoms with E-state index in [4.69, 9.17) is 37.0 Å². The lowest BCUT2D eigenvalue weighted by Crippen LogP contribution is -2.30. The Morgan fingerprint density at radius 1 is 0.330 bits per heavy atom. The van der Waals surface area contributed by atoms with E-state index in [-0.39, 0.29) is 25.7 Å². The molecule has 19 heteroatoms. The highest BCUT2D eigenvalue weighted by atomic mass is 31.2. The highest BCUT2D eigenvalue weighted by molar-refractivity contribution is 7.47. The van der Waals surface area contributed by atoms with E-state index in [1.807, 2.05) is 0 Å². The highest BCUT2D eigenvalue weighted by Crippen LogP contribution is 2.45. The number of hydrogen-bond acceptors (Lipinski definition) is 15. The molecular formula is C69H134O17P2. The molecule has 17 nitrogen and oxygen atoms in total. The van der Waals surface area contributed by atoms with Crippen molar-refractivity contribution in [3.8, 4) is 0 Å². The topological polar surface area (TPSA) is 237 Å². The lowest BCUT2D eigenvalue weighted by molar-refractivity contribution is -0.161. The Balaban J connectivity index is 5.25. The van der Waals surface area contributed by atoms with E-state index in [0.29, 0.717) is 25.7 Å². The summed E-state index contributed by atoms with van der Waals surface area (Å²) in [6.45, 7) is 9.46. The van der Waals surface area contributed by atoms with Crippen LogP contribution in [0.1, 0.15) is 350 Å². The van der Waals surface area contributed by atoms with Crippen molar-refractivity contribution in [2.75, 3.05) is 39.6 Å². The van der Waals surface area contributed by atoms with Crippen LogP contribution in [0.25, 0.3) is 0 Å². The van der Waals surface area contributed by atoms with Gasteiger partial charge in [0.1, 0.15) is 19.3 Å².